The van der Waals surface area contributed by atoms with E-state index in [-0.39, 0.29) is 11.3 Å². The Morgan fingerprint density at radius 3 is 1.87 bits per heavy atom. The average molecular weight is 436 g/mol. The molecule has 1 rings (SSSR count). The molecule has 0 spiro atoms. The van der Waals surface area contributed by atoms with Crippen molar-refractivity contribution in [3.63, 3.8) is 0 Å². The third kappa shape index (κ3) is 12.8. The molecule has 0 fully saturated rings. The van der Waals surface area contributed by atoms with Gasteiger partial charge in [-0.3, -0.25) is 4.79 Å². The third-order valence-electron chi connectivity index (χ3n) is 5.25. The molecule has 0 saturated heterocycles. The number of sulfonamides is 1. The molecule has 0 aromatic heterocycles. The first-order chi connectivity index (χ1) is 14.5. The van der Waals surface area contributed by atoms with E-state index in [9.17, 15) is 13.2 Å². The lowest BCUT2D eigenvalue weighted by Gasteiger charge is -2.07. The van der Waals surface area contributed by atoms with Crippen molar-refractivity contribution in [3.8, 4) is 0 Å². The molecule has 0 unspecified atom stereocenters. The topological polar surface area (TPSA) is 63.2 Å². The minimum atomic E-state index is -3.75. The quantitative estimate of drug-likeness (QED) is 0.215. The van der Waals surface area contributed by atoms with Crippen molar-refractivity contribution in [2.24, 2.45) is 0 Å². The van der Waals surface area contributed by atoms with Crippen LogP contribution in [0.1, 0.15) is 102 Å². The van der Waals surface area contributed by atoms with Crippen LogP contribution in [-0.4, -0.2) is 14.3 Å². The number of carbonyl (C=O) groups is 1. The highest BCUT2D eigenvalue weighted by molar-refractivity contribution is 7.90. The molecule has 4 nitrogen and oxygen atoms in total. The van der Waals surface area contributed by atoms with Gasteiger partial charge < -0.3 is 0 Å². The van der Waals surface area contributed by atoms with E-state index in [2.05, 4.69) is 23.8 Å². The summed E-state index contributed by atoms with van der Waals surface area (Å²) < 4.78 is 26.5. The Morgan fingerprint density at radius 2 is 1.30 bits per heavy atom. The zero-order valence-electron chi connectivity index (χ0n) is 19.0. The summed E-state index contributed by atoms with van der Waals surface area (Å²) in [5.41, 5.74) is 0.980. The van der Waals surface area contributed by atoms with Gasteiger partial charge in [0.1, 0.15) is 0 Å². The van der Waals surface area contributed by atoms with Crippen molar-refractivity contribution < 1.29 is 13.2 Å². The van der Waals surface area contributed by atoms with Gasteiger partial charge in [-0.2, -0.15) is 0 Å². The smallest absolute Gasteiger partial charge is 0.264 e. The molecule has 5 heteroatoms. The Morgan fingerprint density at radius 1 is 0.800 bits per heavy atom. The second-order valence-electron chi connectivity index (χ2n) is 8.18. The van der Waals surface area contributed by atoms with Crippen molar-refractivity contribution >= 4 is 15.9 Å². The van der Waals surface area contributed by atoms with E-state index in [1.165, 1.54) is 63.5 Å². The van der Waals surface area contributed by atoms with Gasteiger partial charge in [-0.25, -0.2) is 13.1 Å². The van der Waals surface area contributed by atoms with E-state index in [0.717, 1.165) is 37.7 Å². The first-order valence-electron chi connectivity index (χ1n) is 11.7. The second-order valence-corrected chi connectivity index (χ2v) is 9.86. The summed E-state index contributed by atoms with van der Waals surface area (Å²) in [6, 6.07) is 6.49. The summed E-state index contributed by atoms with van der Waals surface area (Å²) in [6.45, 7) is 4.14. The number of hydrogen-bond donors (Lipinski definition) is 1. The molecule has 170 valence electrons. The zero-order valence-corrected chi connectivity index (χ0v) is 19.8. The van der Waals surface area contributed by atoms with Gasteiger partial charge in [0.25, 0.3) is 10.0 Å². The molecule has 0 atom stereocenters. The van der Waals surface area contributed by atoms with Crippen LogP contribution in [0.2, 0.25) is 0 Å². The summed E-state index contributed by atoms with van der Waals surface area (Å²) >= 11 is 0. The van der Waals surface area contributed by atoms with Crippen molar-refractivity contribution in [1.29, 1.82) is 0 Å². The fourth-order valence-electron chi connectivity index (χ4n) is 3.33. The van der Waals surface area contributed by atoms with Gasteiger partial charge in [-0.05, 0) is 51.2 Å². The van der Waals surface area contributed by atoms with Crippen LogP contribution in [0, 0.1) is 6.92 Å². The number of nitrogens with one attached hydrogen (secondary N) is 1. The monoisotopic (exact) mass is 435 g/mol. The Kier molecular flexibility index (Phi) is 14.2. The maximum atomic E-state index is 12.2. The molecule has 0 saturated carbocycles. The van der Waals surface area contributed by atoms with Crippen LogP contribution < -0.4 is 4.72 Å². The van der Waals surface area contributed by atoms with Crippen LogP contribution in [0.5, 0.6) is 0 Å². The number of rotatable bonds is 17. The van der Waals surface area contributed by atoms with E-state index < -0.39 is 15.9 Å². The van der Waals surface area contributed by atoms with Gasteiger partial charge in [0.2, 0.25) is 5.91 Å². The predicted molar refractivity (Wildman–Crippen MR) is 126 cm³/mol. The lowest BCUT2D eigenvalue weighted by atomic mass is 10.1. The van der Waals surface area contributed by atoms with E-state index in [1.807, 2.05) is 6.92 Å². The minimum Gasteiger partial charge on any atom is -0.274 e. The molecule has 1 N–H and O–H groups in total. The Balaban J connectivity index is 2.00. The van der Waals surface area contributed by atoms with E-state index >= 15 is 0 Å². The lowest BCUT2D eigenvalue weighted by molar-refractivity contribution is -0.119. The number of carbonyl (C=O) groups excluding carboxylic acids is 1. The van der Waals surface area contributed by atoms with E-state index in [4.69, 9.17) is 0 Å². The first kappa shape index (κ1) is 26.4. The van der Waals surface area contributed by atoms with Crippen molar-refractivity contribution in [3.05, 3.63) is 42.0 Å². The van der Waals surface area contributed by atoms with Gasteiger partial charge in [0.15, 0.2) is 0 Å². The molecular weight excluding hydrogens is 394 g/mol. The zero-order chi connectivity index (χ0) is 22.1. The molecule has 0 heterocycles. The molecule has 0 bridgehead atoms. The molecule has 0 radical (unpaired) electrons. The molecule has 30 heavy (non-hydrogen) atoms. The highest BCUT2D eigenvalue weighted by atomic mass is 32.2. The predicted octanol–water partition coefficient (Wildman–Crippen LogP) is 6.84. The fraction of sp³-hybridized carbons (Fsp3) is 0.640. The summed E-state index contributed by atoms with van der Waals surface area (Å²) in [7, 11) is -3.75. The Hall–Kier alpha value is -1.62. The summed E-state index contributed by atoms with van der Waals surface area (Å²) in [6.07, 6.45) is 20.4. The number of allylic oxidation sites excluding steroid dienone is 2. The summed E-state index contributed by atoms with van der Waals surface area (Å²) in [5.74, 6) is -0.423. The maximum absolute atomic E-state index is 12.2. The van der Waals surface area contributed by atoms with Crippen LogP contribution >= 0.6 is 0 Å². The Bertz CT molecular complexity index is 708. The van der Waals surface area contributed by atoms with E-state index in [1.54, 1.807) is 12.1 Å². The Labute approximate surface area is 184 Å². The maximum Gasteiger partial charge on any atom is 0.264 e. The number of benzene rings is 1. The second kappa shape index (κ2) is 16.1. The van der Waals surface area contributed by atoms with Gasteiger partial charge >= 0.3 is 0 Å². The third-order valence-corrected chi connectivity index (χ3v) is 6.63. The van der Waals surface area contributed by atoms with Crippen LogP contribution in [-0.2, 0) is 14.8 Å². The molecule has 1 aromatic carbocycles. The minimum absolute atomic E-state index is 0.131. The number of aryl methyl sites for hydroxylation is 1. The average Bonchev–Trinajstić information content (AvgIpc) is 2.71. The van der Waals surface area contributed by atoms with Gasteiger partial charge in [-0.1, -0.05) is 88.1 Å². The van der Waals surface area contributed by atoms with Crippen LogP contribution in [0.4, 0.5) is 0 Å². The van der Waals surface area contributed by atoms with Gasteiger partial charge in [-0.15, -0.1) is 0 Å². The van der Waals surface area contributed by atoms with Gasteiger partial charge in [0.05, 0.1) is 4.90 Å². The summed E-state index contributed by atoms with van der Waals surface area (Å²) in [5, 5.41) is 0. The van der Waals surface area contributed by atoms with Crippen LogP contribution in [0.3, 0.4) is 0 Å². The highest BCUT2D eigenvalue weighted by Crippen LogP contribution is 2.12. The van der Waals surface area contributed by atoms with Crippen LogP contribution in [0.15, 0.2) is 41.3 Å². The fourth-order valence-corrected chi connectivity index (χ4v) is 4.35. The molecular formula is C25H41NO3S. The first-order valence-corrected chi connectivity index (χ1v) is 13.2. The number of hydrogen-bond acceptors (Lipinski definition) is 3. The standard InChI is InChI=1S/C25H41NO3S/c1-3-4-5-6-7-8-9-10-11-12-13-14-15-16-17-18-25(27)26-30(28,29)24-21-19-23(2)20-22-24/h10-11,19-22H,3-9,12-18H2,1-2H3,(H,26,27)/b11-10-. The lowest BCUT2D eigenvalue weighted by Crippen LogP contribution is -2.30. The molecule has 1 amide bonds. The van der Waals surface area contributed by atoms with Gasteiger partial charge in [0, 0.05) is 6.42 Å². The highest BCUT2D eigenvalue weighted by Gasteiger charge is 2.16. The SMILES string of the molecule is CCCCCCCC/C=C\CCCCCCCC(=O)NS(=O)(=O)c1ccc(C)cc1. The summed E-state index contributed by atoms with van der Waals surface area (Å²) in [4.78, 5) is 12.1. The van der Waals surface area contributed by atoms with E-state index in [0.29, 0.717) is 0 Å². The molecule has 0 aliphatic rings. The molecule has 1 aromatic rings. The molecule has 0 aliphatic heterocycles. The molecule has 0 aliphatic carbocycles. The normalized spacial score (nSPS) is 11.8. The van der Waals surface area contributed by atoms with Crippen molar-refractivity contribution in [2.45, 2.75) is 109 Å². The van der Waals surface area contributed by atoms with Crippen LogP contribution in [0.25, 0.3) is 0 Å². The number of amides is 1. The van der Waals surface area contributed by atoms with Crippen molar-refractivity contribution in [2.75, 3.05) is 0 Å². The van der Waals surface area contributed by atoms with Crippen molar-refractivity contribution in [1.82, 2.24) is 4.72 Å². The number of unbranched alkanes of at least 4 members (excludes halogenated alkanes) is 11. The largest absolute Gasteiger partial charge is 0.274 e.